The van der Waals surface area contributed by atoms with E-state index in [1.54, 1.807) is 30.3 Å². The number of carbonyl (C=O) groups excluding carboxylic acids is 2. The van der Waals surface area contributed by atoms with Gasteiger partial charge in [0.25, 0.3) is 11.8 Å². The Labute approximate surface area is 159 Å². The molecule has 26 heavy (non-hydrogen) atoms. The number of nitrogens with one attached hydrogen (secondary N) is 2. The van der Waals surface area contributed by atoms with Gasteiger partial charge < -0.3 is 15.5 Å². The molecule has 1 aliphatic heterocycles. The summed E-state index contributed by atoms with van der Waals surface area (Å²) >= 11 is 7.33. The summed E-state index contributed by atoms with van der Waals surface area (Å²) < 4.78 is 0.664. The van der Waals surface area contributed by atoms with Crippen LogP contribution >= 0.6 is 22.9 Å². The van der Waals surface area contributed by atoms with Crippen LogP contribution in [-0.2, 0) is 9.63 Å². The van der Waals surface area contributed by atoms with Gasteiger partial charge >= 0.3 is 0 Å². The van der Waals surface area contributed by atoms with Crippen molar-refractivity contribution >= 4 is 46.2 Å². The summed E-state index contributed by atoms with van der Waals surface area (Å²) in [5, 5.41) is 9.71. The molecule has 2 amide bonds. The minimum atomic E-state index is -0.699. The normalized spacial score (nSPS) is 18.8. The van der Waals surface area contributed by atoms with E-state index in [0.29, 0.717) is 27.7 Å². The summed E-state index contributed by atoms with van der Waals surface area (Å²) in [6.07, 6.45) is 1.73. The number of anilines is 1. The lowest BCUT2D eigenvalue weighted by Crippen LogP contribution is -2.28. The lowest BCUT2D eigenvalue weighted by Gasteiger charge is -2.10. The summed E-state index contributed by atoms with van der Waals surface area (Å²) in [6, 6.07) is 10.8. The topological polar surface area (TPSA) is 79.8 Å². The Morgan fingerprint density at radius 1 is 1.23 bits per heavy atom. The summed E-state index contributed by atoms with van der Waals surface area (Å²) in [6.45, 7) is 0. The number of thiophene rings is 1. The van der Waals surface area contributed by atoms with E-state index in [1.807, 2.05) is 6.07 Å². The van der Waals surface area contributed by atoms with Crippen LogP contribution in [0.5, 0.6) is 0 Å². The summed E-state index contributed by atoms with van der Waals surface area (Å²) in [4.78, 5) is 30.7. The highest BCUT2D eigenvalue weighted by molar-refractivity contribution is 7.18. The van der Waals surface area contributed by atoms with Crippen LogP contribution in [0.25, 0.3) is 0 Å². The van der Waals surface area contributed by atoms with Gasteiger partial charge in [-0.1, -0.05) is 22.8 Å². The second-order valence-electron chi connectivity index (χ2n) is 6.26. The van der Waals surface area contributed by atoms with Crippen LogP contribution in [0, 0.1) is 0 Å². The van der Waals surface area contributed by atoms with Crippen molar-refractivity contribution in [2.45, 2.75) is 31.4 Å². The van der Waals surface area contributed by atoms with Crippen LogP contribution in [-0.4, -0.2) is 29.7 Å². The molecule has 1 aromatic heterocycles. The number of halogens is 1. The Hall–Kier alpha value is -2.38. The molecule has 1 saturated carbocycles. The number of hydrogen-bond acceptors (Lipinski definition) is 5. The first-order chi connectivity index (χ1) is 12.6. The zero-order valence-electron chi connectivity index (χ0n) is 13.7. The number of nitrogens with zero attached hydrogens (tertiary/aromatic N) is 1. The summed E-state index contributed by atoms with van der Waals surface area (Å²) in [5.74, 6) is -0.424. The minimum Gasteiger partial charge on any atom is -0.382 e. The first kappa shape index (κ1) is 17.1. The highest BCUT2D eigenvalue weighted by Crippen LogP contribution is 2.27. The van der Waals surface area contributed by atoms with Crippen molar-refractivity contribution in [3.63, 3.8) is 0 Å². The molecule has 1 atom stereocenters. The van der Waals surface area contributed by atoms with Crippen molar-refractivity contribution in [1.29, 1.82) is 0 Å². The molecule has 0 spiro atoms. The molecule has 0 saturated heterocycles. The Balaban J connectivity index is 1.37. The van der Waals surface area contributed by atoms with Crippen molar-refractivity contribution in [3.8, 4) is 0 Å². The monoisotopic (exact) mass is 389 g/mol. The van der Waals surface area contributed by atoms with Crippen LogP contribution in [0.15, 0.2) is 41.6 Å². The van der Waals surface area contributed by atoms with Crippen molar-refractivity contribution in [2.75, 3.05) is 5.32 Å². The van der Waals surface area contributed by atoms with Crippen LogP contribution in [0.4, 0.5) is 5.69 Å². The van der Waals surface area contributed by atoms with Gasteiger partial charge in [0.15, 0.2) is 0 Å². The third kappa shape index (κ3) is 3.89. The first-order valence-corrected chi connectivity index (χ1v) is 9.48. The first-order valence-electron chi connectivity index (χ1n) is 8.29. The number of amides is 2. The molecule has 0 unspecified atom stereocenters. The van der Waals surface area contributed by atoms with Gasteiger partial charge in [-0.25, -0.2) is 0 Å². The molecule has 1 aromatic carbocycles. The van der Waals surface area contributed by atoms with Crippen molar-refractivity contribution in [3.05, 3.63) is 51.2 Å². The van der Waals surface area contributed by atoms with E-state index in [-0.39, 0.29) is 17.9 Å². The predicted octanol–water partition coefficient (Wildman–Crippen LogP) is 3.43. The quantitative estimate of drug-likeness (QED) is 0.822. The Morgan fingerprint density at radius 3 is 2.81 bits per heavy atom. The predicted molar refractivity (Wildman–Crippen MR) is 101 cm³/mol. The zero-order chi connectivity index (χ0) is 18.1. The fourth-order valence-electron chi connectivity index (χ4n) is 2.59. The zero-order valence-corrected chi connectivity index (χ0v) is 15.3. The molecule has 2 aliphatic rings. The van der Waals surface area contributed by atoms with Gasteiger partial charge in [0.2, 0.25) is 6.10 Å². The van der Waals surface area contributed by atoms with Gasteiger partial charge in [0, 0.05) is 23.7 Å². The Bertz CT molecular complexity index is 891. The molecule has 1 fully saturated rings. The molecule has 4 rings (SSSR count). The van der Waals surface area contributed by atoms with Crippen LogP contribution in [0.1, 0.15) is 34.5 Å². The second kappa shape index (κ2) is 7.09. The van der Waals surface area contributed by atoms with Crippen molar-refractivity contribution in [2.24, 2.45) is 5.16 Å². The molecule has 134 valence electrons. The lowest BCUT2D eigenvalue weighted by molar-refractivity contribution is -0.125. The van der Waals surface area contributed by atoms with Crippen molar-refractivity contribution in [1.82, 2.24) is 5.32 Å². The molecular weight excluding hydrogens is 374 g/mol. The van der Waals surface area contributed by atoms with E-state index < -0.39 is 6.10 Å². The average molecular weight is 390 g/mol. The SMILES string of the molecule is O=C(NC1CC1)c1cccc(NC(=O)[C@H]2CC(c3ccc(Cl)s3)=NO2)c1. The highest BCUT2D eigenvalue weighted by Gasteiger charge is 2.30. The minimum absolute atomic E-state index is 0.124. The average Bonchev–Trinajstić information content (AvgIpc) is 3.12. The van der Waals surface area contributed by atoms with Gasteiger partial charge in [0.1, 0.15) is 5.71 Å². The number of rotatable bonds is 5. The van der Waals surface area contributed by atoms with Gasteiger partial charge in [-0.3, -0.25) is 9.59 Å². The van der Waals surface area contributed by atoms with E-state index in [0.717, 1.165) is 17.7 Å². The molecular formula is C18H16ClN3O3S. The number of carbonyl (C=O) groups is 2. The molecule has 0 radical (unpaired) electrons. The van der Waals surface area contributed by atoms with Crippen LogP contribution < -0.4 is 10.6 Å². The van der Waals surface area contributed by atoms with Crippen molar-refractivity contribution < 1.29 is 14.4 Å². The van der Waals surface area contributed by atoms with Gasteiger partial charge in [-0.15, -0.1) is 11.3 Å². The largest absolute Gasteiger partial charge is 0.382 e. The third-order valence-corrected chi connectivity index (χ3v) is 5.40. The fraction of sp³-hybridized carbons (Fsp3) is 0.278. The van der Waals surface area contributed by atoms with E-state index in [4.69, 9.17) is 16.4 Å². The number of hydrogen-bond donors (Lipinski definition) is 2. The smallest absolute Gasteiger partial charge is 0.268 e. The summed E-state index contributed by atoms with van der Waals surface area (Å²) in [7, 11) is 0. The Morgan fingerprint density at radius 2 is 2.08 bits per heavy atom. The maximum atomic E-state index is 12.4. The maximum Gasteiger partial charge on any atom is 0.268 e. The number of oxime groups is 1. The Kier molecular flexibility index (Phi) is 4.65. The molecule has 2 heterocycles. The van der Waals surface area contributed by atoms with Gasteiger partial charge in [0.05, 0.1) is 9.21 Å². The summed E-state index contributed by atoms with van der Waals surface area (Å²) in [5.41, 5.74) is 1.78. The highest BCUT2D eigenvalue weighted by atomic mass is 35.5. The molecule has 2 aromatic rings. The lowest BCUT2D eigenvalue weighted by atomic mass is 10.1. The fourth-order valence-corrected chi connectivity index (χ4v) is 3.62. The third-order valence-electron chi connectivity index (χ3n) is 4.12. The standard InChI is InChI=1S/C18H16ClN3O3S/c19-16-7-6-15(26-16)13-9-14(25-22-13)18(24)21-12-3-1-2-10(8-12)17(23)20-11-4-5-11/h1-3,6-8,11,14H,4-5,9H2,(H,20,23)(H,21,24)/t14-/m1/s1. The van der Waals surface area contributed by atoms with Gasteiger partial charge in [-0.2, -0.15) is 0 Å². The van der Waals surface area contributed by atoms with Crippen LogP contribution in [0.3, 0.4) is 0 Å². The molecule has 0 bridgehead atoms. The number of benzene rings is 1. The van der Waals surface area contributed by atoms with Gasteiger partial charge in [-0.05, 0) is 43.2 Å². The second-order valence-corrected chi connectivity index (χ2v) is 7.97. The molecule has 8 heteroatoms. The maximum absolute atomic E-state index is 12.4. The van der Waals surface area contributed by atoms with Crippen LogP contribution in [0.2, 0.25) is 4.34 Å². The van der Waals surface area contributed by atoms with E-state index in [2.05, 4.69) is 15.8 Å². The molecule has 1 aliphatic carbocycles. The molecule has 6 nitrogen and oxygen atoms in total. The van der Waals surface area contributed by atoms with E-state index >= 15 is 0 Å². The van der Waals surface area contributed by atoms with E-state index in [1.165, 1.54) is 11.3 Å². The van der Waals surface area contributed by atoms with E-state index in [9.17, 15) is 9.59 Å². The molecule has 2 N–H and O–H groups in total.